The minimum Gasteiger partial charge on any atom is -0.377 e. The number of aromatic amines is 1. The van der Waals surface area contributed by atoms with E-state index in [0.717, 1.165) is 5.52 Å². The van der Waals surface area contributed by atoms with Gasteiger partial charge in [0.25, 0.3) is 0 Å². The minimum atomic E-state index is -0.348. The van der Waals surface area contributed by atoms with E-state index in [1.54, 1.807) is 13.2 Å². The van der Waals surface area contributed by atoms with E-state index in [1.165, 1.54) is 6.07 Å². The summed E-state index contributed by atoms with van der Waals surface area (Å²) >= 11 is 5.21. The molecule has 17 heavy (non-hydrogen) atoms. The third-order valence-electron chi connectivity index (χ3n) is 2.85. The Morgan fingerprint density at radius 1 is 1.47 bits per heavy atom. The number of rotatable bonds is 3. The van der Waals surface area contributed by atoms with Crippen molar-refractivity contribution in [2.24, 2.45) is 0 Å². The van der Waals surface area contributed by atoms with Gasteiger partial charge in [-0.25, -0.2) is 4.39 Å². The summed E-state index contributed by atoms with van der Waals surface area (Å²) in [6.45, 7) is 4.51. The molecule has 0 saturated carbocycles. The van der Waals surface area contributed by atoms with Gasteiger partial charge in [-0.15, -0.1) is 0 Å². The molecule has 1 heterocycles. The van der Waals surface area contributed by atoms with Crippen molar-refractivity contribution in [3.05, 3.63) is 28.8 Å². The zero-order chi connectivity index (χ0) is 12.6. The summed E-state index contributed by atoms with van der Waals surface area (Å²) in [6.07, 6.45) is 0. The van der Waals surface area contributed by atoms with E-state index in [0.29, 0.717) is 16.8 Å². The fraction of sp³-hybridized carbons (Fsp3) is 0.417. The minimum absolute atomic E-state index is 0.289. The quantitative estimate of drug-likeness (QED) is 0.852. The Kier molecular flexibility index (Phi) is 3.05. The lowest BCUT2D eigenvalue weighted by molar-refractivity contribution is 0.00873. The number of ether oxygens (including phenoxy) is 1. The van der Waals surface area contributed by atoms with Crippen LogP contribution in [0.5, 0.6) is 0 Å². The number of nitrogens with zero attached hydrogens (tertiary/aromatic N) is 1. The second-order valence-electron chi connectivity index (χ2n) is 4.61. The first-order valence-electron chi connectivity index (χ1n) is 5.37. The fourth-order valence-electron chi connectivity index (χ4n) is 1.75. The number of halogens is 1. The standard InChI is InChI=1S/C12H15FN2OS/c1-12(2,16-3)7-15-9-6-4-5-8(13)10(9)14-11(15)17/h4-6H,7H2,1-3H3,(H,14,17). The maximum Gasteiger partial charge on any atom is 0.178 e. The Morgan fingerprint density at radius 3 is 2.82 bits per heavy atom. The summed E-state index contributed by atoms with van der Waals surface area (Å²) in [5.74, 6) is -0.289. The van der Waals surface area contributed by atoms with E-state index in [2.05, 4.69) is 4.98 Å². The van der Waals surface area contributed by atoms with Gasteiger partial charge in [0.05, 0.1) is 17.7 Å². The Bertz CT molecular complexity index is 600. The highest BCUT2D eigenvalue weighted by Gasteiger charge is 2.19. The molecule has 0 spiro atoms. The van der Waals surface area contributed by atoms with Crippen molar-refractivity contribution in [1.29, 1.82) is 0 Å². The fourth-order valence-corrected chi connectivity index (χ4v) is 2.01. The molecule has 1 N–H and O–H groups in total. The first kappa shape index (κ1) is 12.3. The Balaban J connectivity index is 2.58. The average Bonchev–Trinajstić information content (AvgIpc) is 2.58. The smallest absolute Gasteiger partial charge is 0.178 e. The Hall–Kier alpha value is -1.20. The number of para-hydroxylation sites is 1. The van der Waals surface area contributed by atoms with E-state index >= 15 is 0 Å². The zero-order valence-electron chi connectivity index (χ0n) is 10.1. The Labute approximate surface area is 104 Å². The molecule has 0 aliphatic rings. The molecule has 2 aromatic rings. The van der Waals surface area contributed by atoms with Crippen LogP contribution in [0.2, 0.25) is 0 Å². The molecule has 0 aliphatic carbocycles. The van der Waals surface area contributed by atoms with Gasteiger partial charge in [0.2, 0.25) is 0 Å². The van der Waals surface area contributed by atoms with Crippen LogP contribution >= 0.6 is 12.2 Å². The summed E-state index contributed by atoms with van der Waals surface area (Å²) in [5, 5.41) is 0. The van der Waals surface area contributed by atoms with E-state index in [-0.39, 0.29) is 11.4 Å². The molecule has 92 valence electrons. The summed E-state index contributed by atoms with van der Waals surface area (Å²) in [7, 11) is 1.65. The van der Waals surface area contributed by atoms with Gasteiger partial charge in [0, 0.05) is 7.11 Å². The summed E-state index contributed by atoms with van der Waals surface area (Å²) < 4.78 is 21.3. The van der Waals surface area contributed by atoms with Crippen LogP contribution < -0.4 is 0 Å². The monoisotopic (exact) mass is 254 g/mol. The Morgan fingerprint density at radius 2 is 2.18 bits per heavy atom. The van der Waals surface area contributed by atoms with Gasteiger partial charge < -0.3 is 14.3 Å². The van der Waals surface area contributed by atoms with Crippen molar-refractivity contribution in [1.82, 2.24) is 9.55 Å². The normalized spacial score (nSPS) is 12.2. The van der Waals surface area contributed by atoms with Crippen LogP contribution in [-0.2, 0) is 11.3 Å². The van der Waals surface area contributed by atoms with Crippen LogP contribution in [0.3, 0.4) is 0 Å². The predicted octanol–water partition coefficient (Wildman–Crippen LogP) is 3.26. The maximum atomic E-state index is 13.6. The van der Waals surface area contributed by atoms with E-state index in [1.807, 2.05) is 24.5 Å². The molecule has 0 fully saturated rings. The molecule has 1 aromatic heterocycles. The molecule has 0 bridgehead atoms. The van der Waals surface area contributed by atoms with Gasteiger partial charge in [0.1, 0.15) is 11.3 Å². The highest BCUT2D eigenvalue weighted by atomic mass is 32.1. The molecule has 5 heteroatoms. The van der Waals surface area contributed by atoms with Crippen molar-refractivity contribution >= 4 is 23.3 Å². The molecule has 2 rings (SSSR count). The molecule has 0 aliphatic heterocycles. The second-order valence-corrected chi connectivity index (χ2v) is 5.00. The number of fused-ring (bicyclic) bond motifs is 1. The van der Waals surface area contributed by atoms with Crippen LogP contribution in [-0.4, -0.2) is 22.3 Å². The van der Waals surface area contributed by atoms with Crippen LogP contribution in [0.4, 0.5) is 4.39 Å². The number of imidazole rings is 1. The zero-order valence-corrected chi connectivity index (χ0v) is 10.9. The second kappa shape index (κ2) is 4.23. The molecule has 0 radical (unpaired) electrons. The van der Waals surface area contributed by atoms with Crippen molar-refractivity contribution in [2.75, 3.05) is 7.11 Å². The van der Waals surface area contributed by atoms with Gasteiger partial charge in [-0.05, 0) is 38.2 Å². The van der Waals surface area contributed by atoms with Crippen molar-refractivity contribution in [2.45, 2.75) is 26.0 Å². The first-order chi connectivity index (χ1) is 7.94. The lowest BCUT2D eigenvalue weighted by atomic mass is 10.1. The van der Waals surface area contributed by atoms with Crippen molar-refractivity contribution in [3.8, 4) is 0 Å². The maximum absolute atomic E-state index is 13.6. The van der Waals surface area contributed by atoms with Crippen LogP contribution in [0.15, 0.2) is 18.2 Å². The largest absolute Gasteiger partial charge is 0.377 e. The van der Waals surface area contributed by atoms with Crippen LogP contribution in [0.1, 0.15) is 13.8 Å². The molecular formula is C12H15FN2OS. The van der Waals surface area contributed by atoms with Crippen LogP contribution in [0.25, 0.3) is 11.0 Å². The third kappa shape index (κ3) is 2.25. The lowest BCUT2D eigenvalue weighted by Gasteiger charge is -2.23. The molecular weight excluding hydrogens is 239 g/mol. The van der Waals surface area contributed by atoms with Crippen molar-refractivity contribution < 1.29 is 9.13 Å². The summed E-state index contributed by atoms with van der Waals surface area (Å²) in [4.78, 5) is 2.89. The van der Waals surface area contributed by atoms with Crippen LogP contribution in [0, 0.1) is 10.6 Å². The van der Waals surface area contributed by atoms with E-state index in [4.69, 9.17) is 17.0 Å². The lowest BCUT2D eigenvalue weighted by Crippen LogP contribution is -2.29. The van der Waals surface area contributed by atoms with Crippen molar-refractivity contribution in [3.63, 3.8) is 0 Å². The van der Waals surface area contributed by atoms with E-state index < -0.39 is 0 Å². The van der Waals surface area contributed by atoms with Gasteiger partial charge in [-0.2, -0.15) is 0 Å². The number of methoxy groups -OCH3 is 1. The first-order valence-corrected chi connectivity index (χ1v) is 5.77. The van der Waals surface area contributed by atoms with Gasteiger partial charge in [0.15, 0.2) is 4.77 Å². The predicted molar refractivity (Wildman–Crippen MR) is 68.2 cm³/mol. The number of benzene rings is 1. The third-order valence-corrected chi connectivity index (χ3v) is 3.17. The molecule has 0 atom stereocenters. The van der Waals surface area contributed by atoms with E-state index in [9.17, 15) is 4.39 Å². The number of hydrogen-bond donors (Lipinski definition) is 1. The molecule has 3 nitrogen and oxygen atoms in total. The number of hydrogen-bond acceptors (Lipinski definition) is 2. The molecule has 1 aromatic carbocycles. The number of aromatic nitrogens is 2. The highest BCUT2D eigenvalue weighted by molar-refractivity contribution is 7.71. The SMILES string of the molecule is COC(C)(C)Cn1c(=S)[nH]c2c(F)cccc21. The molecule has 0 saturated heterocycles. The topological polar surface area (TPSA) is 29.9 Å². The van der Waals surface area contributed by atoms with Gasteiger partial charge in [-0.1, -0.05) is 6.07 Å². The highest BCUT2D eigenvalue weighted by Crippen LogP contribution is 2.20. The average molecular weight is 254 g/mol. The van der Waals surface area contributed by atoms with Gasteiger partial charge in [-0.3, -0.25) is 0 Å². The number of nitrogens with one attached hydrogen (secondary N) is 1. The molecule has 0 amide bonds. The molecule has 0 unspecified atom stereocenters. The van der Waals surface area contributed by atoms with Gasteiger partial charge >= 0.3 is 0 Å². The number of H-pyrrole nitrogens is 1. The summed E-state index contributed by atoms with van der Waals surface area (Å²) in [6, 6.07) is 4.94. The summed E-state index contributed by atoms with van der Waals surface area (Å²) in [5.41, 5.74) is 0.865.